The molecule has 0 saturated carbocycles. The summed E-state index contributed by atoms with van der Waals surface area (Å²) in [5, 5.41) is 4.15. The van der Waals surface area contributed by atoms with Crippen molar-refractivity contribution < 1.29 is 9.53 Å². The third kappa shape index (κ3) is 7.32. The second-order valence-electron chi connectivity index (χ2n) is 7.01. The van der Waals surface area contributed by atoms with E-state index in [1.807, 2.05) is 11.8 Å². The van der Waals surface area contributed by atoms with E-state index in [9.17, 15) is 4.79 Å². The number of thioether (sulfide) groups is 1. The Balaban J connectivity index is 1.85. The molecule has 7 nitrogen and oxygen atoms in total. The molecule has 0 aromatic rings. The van der Waals surface area contributed by atoms with Gasteiger partial charge in [0.1, 0.15) is 6.54 Å². The molecule has 26 heavy (non-hydrogen) atoms. The van der Waals surface area contributed by atoms with Crippen LogP contribution in [-0.2, 0) is 9.53 Å². The fraction of sp³-hybridized carbons (Fsp3) is 0.889. The molecule has 2 aliphatic rings. The van der Waals surface area contributed by atoms with Crippen LogP contribution in [0.4, 0.5) is 0 Å². The largest absolute Gasteiger partial charge is 0.379 e. The predicted molar refractivity (Wildman–Crippen MR) is 109 cm³/mol. The molecule has 8 heteroatoms. The molecule has 1 amide bonds. The van der Waals surface area contributed by atoms with Crippen molar-refractivity contribution in [2.45, 2.75) is 25.0 Å². The molecule has 2 heterocycles. The first kappa shape index (κ1) is 21.3. The molecule has 0 aromatic heterocycles. The van der Waals surface area contributed by atoms with E-state index in [0.29, 0.717) is 5.25 Å². The lowest BCUT2D eigenvalue weighted by molar-refractivity contribution is -0.127. The fourth-order valence-electron chi connectivity index (χ4n) is 3.04. The summed E-state index contributed by atoms with van der Waals surface area (Å²) >= 11 is 2.04. The Labute approximate surface area is 162 Å². The number of guanidine groups is 1. The molecular weight excluding hydrogens is 350 g/mol. The van der Waals surface area contributed by atoms with Crippen molar-refractivity contribution in [3.05, 3.63) is 0 Å². The average molecular weight is 386 g/mol. The normalized spacial score (nSPS) is 22.3. The smallest absolute Gasteiger partial charge is 0.243 e. The van der Waals surface area contributed by atoms with Crippen LogP contribution in [0.2, 0.25) is 0 Å². The van der Waals surface area contributed by atoms with Gasteiger partial charge in [-0.2, -0.15) is 11.8 Å². The number of likely N-dealkylation sites (N-methyl/N-ethyl adjacent to an activating group) is 1. The van der Waals surface area contributed by atoms with Crippen molar-refractivity contribution in [3.8, 4) is 0 Å². The van der Waals surface area contributed by atoms with Gasteiger partial charge in [-0.05, 0) is 19.4 Å². The second kappa shape index (κ2) is 11.7. The van der Waals surface area contributed by atoms with Gasteiger partial charge in [-0.1, -0.05) is 6.92 Å². The standard InChI is InChI=1S/C18H35N5O2S/c1-4-16-15-23(10-13-26-16)18(20-14-17(24)21(2)3)19-6-5-7-22-8-11-25-12-9-22/h16H,4-15H2,1-3H3,(H,19,20). The summed E-state index contributed by atoms with van der Waals surface area (Å²) in [6, 6.07) is 0. The number of rotatable bonds is 7. The van der Waals surface area contributed by atoms with Crippen LogP contribution in [0.5, 0.6) is 0 Å². The Bertz CT molecular complexity index is 455. The molecule has 1 N–H and O–H groups in total. The highest BCUT2D eigenvalue weighted by atomic mass is 32.2. The second-order valence-corrected chi connectivity index (χ2v) is 8.42. The number of hydrogen-bond acceptors (Lipinski definition) is 5. The van der Waals surface area contributed by atoms with Gasteiger partial charge >= 0.3 is 0 Å². The highest BCUT2D eigenvalue weighted by Crippen LogP contribution is 2.21. The highest BCUT2D eigenvalue weighted by molar-refractivity contribution is 8.00. The zero-order valence-corrected chi connectivity index (χ0v) is 17.4. The molecule has 0 spiro atoms. The van der Waals surface area contributed by atoms with Crippen LogP contribution >= 0.6 is 11.8 Å². The van der Waals surface area contributed by atoms with Gasteiger partial charge in [-0.3, -0.25) is 9.69 Å². The number of carbonyl (C=O) groups excluding carboxylic acids is 1. The Morgan fingerprint density at radius 3 is 2.77 bits per heavy atom. The number of nitrogens with zero attached hydrogens (tertiary/aromatic N) is 4. The summed E-state index contributed by atoms with van der Waals surface area (Å²) in [5.74, 6) is 2.05. The summed E-state index contributed by atoms with van der Waals surface area (Å²) in [6.07, 6.45) is 2.24. The molecule has 150 valence electrons. The van der Waals surface area contributed by atoms with Gasteiger partial charge in [0.25, 0.3) is 0 Å². The van der Waals surface area contributed by atoms with E-state index in [1.54, 1.807) is 19.0 Å². The first-order valence-corrected chi connectivity index (χ1v) is 10.8. The number of amides is 1. The maximum Gasteiger partial charge on any atom is 0.243 e. The summed E-state index contributed by atoms with van der Waals surface area (Å²) in [7, 11) is 3.55. The topological polar surface area (TPSA) is 60.4 Å². The number of aliphatic imine (C=N–C) groups is 1. The van der Waals surface area contributed by atoms with Gasteiger partial charge < -0.3 is 19.9 Å². The Morgan fingerprint density at radius 1 is 1.31 bits per heavy atom. The molecule has 1 atom stereocenters. The SMILES string of the molecule is CCC1CN(C(=NCC(=O)N(C)C)NCCCN2CCOCC2)CCS1. The summed E-state index contributed by atoms with van der Waals surface area (Å²) in [6.45, 7) is 10.1. The lowest BCUT2D eigenvalue weighted by Crippen LogP contribution is -2.49. The van der Waals surface area contributed by atoms with Crippen molar-refractivity contribution in [1.29, 1.82) is 0 Å². The third-order valence-electron chi connectivity index (χ3n) is 4.79. The van der Waals surface area contributed by atoms with Gasteiger partial charge in [0.15, 0.2) is 5.96 Å². The number of ether oxygens (including phenoxy) is 1. The molecule has 0 radical (unpaired) electrons. The van der Waals surface area contributed by atoms with Gasteiger partial charge in [-0.15, -0.1) is 0 Å². The van der Waals surface area contributed by atoms with Gasteiger partial charge in [0.05, 0.1) is 13.2 Å². The molecule has 2 fully saturated rings. The molecule has 0 aromatic carbocycles. The van der Waals surface area contributed by atoms with E-state index < -0.39 is 0 Å². The quantitative estimate of drug-likeness (QED) is 0.393. The van der Waals surface area contributed by atoms with E-state index in [1.165, 1.54) is 6.42 Å². The first-order chi connectivity index (χ1) is 12.6. The van der Waals surface area contributed by atoms with Crippen LogP contribution in [0.1, 0.15) is 19.8 Å². The lowest BCUT2D eigenvalue weighted by atomic mass is 10.3. The predicted octanol–water partition coefficient (Wildman–Crippen LogP) is 0.570. The molecule has 2 saturated heterocycles. The average Bonchev–Trinajstić information content (AvgIpc) is 2.67. The van der Waals surface area contributed by atoms with E-state index in [2.05, 4.69) is 27.0 Å². The lowest BCUT2D eigenvalue weighted by Gasteiger charge is -2.34. The monoisotopic (exact) mass is 385 g/mol. The van der Waals surface area contributed by atoms with Crippen LogP contribution in [0.15, 0.2) is 4.99 Å². The number of carbonyl (C=O) groups is 1. The van der Waals surface area contributed by atoms with Gasteiger partial charge in [0, 0.05) is 57.8 Å². The zero-order chi connectivity index (χ0) is 18.8. The minimum atomic E-state index is 0.0380. The van der Waals surface area contributed by atoms with Crippen molar-refractivity contribution in [2.24, 2.45) is 4.99 Å². The van der Waals surface area contributed by atoms with Crippen LogP contribution in [0.3, 0.4) is 0 Å². The Hall–Kier alpha value is -0.990. The van der Waals surface area contributed by atoms with Crippen LogP contribution in [0.25, 0.3) is 0 Å². The van der Waals surface area contributed by atoms with Crippen LogP contribution in [0, 0.1) is 0 Å². The molecular formula is C18H35N5O2S. The summed E-state index contributed by atoms with van der Waals surface area (Å²) in [5.41, 5.74) is 0. The van der Waals surface area contributed by atoms with E-state index >= 15 is 0 Å². The van der Waals surface area contributed by atoms with E-state index in [-0.39, 0.29) is 12.5 Å². The number of hydrogen-bond donors (Lipinski definition) is 1. The van der Waals surface area contributed by atoms with Gasteiger partial charge in [0.2, 0.25) is 5.91 Å². The van der Waals surface area contributed by atoms with Crippen LogP contribution in [-0.4, -0.2) is 111 Å². The van der Waals surface area contributed by atoms with Crippen molar-refractivity contribution in [2.75, 3.05) is 78.9 Å². The first-order valence-electron chi connectivity index (χ1n) is 9.75. The molecule has 2 rings (SSSR count). The van der Waals surface area contributed by atoms with Crippen molar-refractivity contribution >= 4 is 23.6 Å². The summed E-state index contributed by atoms with van der Waals surface area (Å²) < 4.78 is 5.40. The van der Waals surface area contributed by atoms with E-state index in [0.717, 1.165) is 70.6 Å². The highest BCUT2D eigenvalue weighted by Gasteiger charge is 2.22. The molecule has 2 aliphatic heterocycles. The minimum Gasteiger partial charge on any atom is -0.379 e. The van der Waals surface area contributed by atoms with Crippen molar-refractivity contribution in [3.63, 3.8) is 0 Å². The molecule has 0 bridgehead atoms. The fourth-order valence-corrected chi connectivity index (χ4v) is 4.22. The van der Waals surface area contributed by atoms with Crippen molar-refractivity contribution in [1.82, 2.24) is 20.0 Å². The number of nitrogens with one attached hydrogen (secondary N) is 1. The van der Waals surface area contributed by atoms with Crippen LogP contribution < -0.4 is 5.32 Å². The minimum absolute atomic E-state index is 0.0380. The maximum absolute atomic E-state index is 11.9. The van der Waals surface area contributed by atoms with Gasteiger partial charge in [-0.25, -0.2) is 4.99 Å². The number of morpholine rings is 1. The molecule has 1 unspecified atom stereocenters. The maximum atomic E-state index is 11.9. The Morgan fingerprint density at radius 2 is 2.08 bits per heavy atom. The molecule has 0 aliphatic carbocycles. The third-order valence-corrected chi connectivity index (χ3v) is 6.17. The van der Waals surface area contributed by atoms with E-state index in [4.69, 9.17) is 4.74 Å². The Kier molecular flexibility index (Phi) is 9.56. The zero-order valence-electron chi connectivity index (χ0n) is 16.6. The summed E-state index contributed by atoms with van der Waals surface area (Å²) in [4.78, 5) is 22.9.